The minimum Gasteiger partial charge on any atom is -0.394 e. The summed E-state index contributed by atoms with van der Waals surface area (Å²) in [4.78, 5) is 15.2. The minimum atomic E-state index is -0.204. The van der Waals surface area contributed by atoms with E-state index in [2.05, 4.69) is 26.2 Å². The SMILES string of the molecule is CCC(CO)NC(=O)c1c[nH]c2cccc(Br)c12. The van der Waals surface area contributed by atoms with E-state index in [1.165, 1.54) is 0 Å². The first-order valence-electron chi connectivity index (χ1n) is 5.84. The number of aliphatic hydroxyl groups is 1. The van der Waals surface area contributed by atoms with E-state index in [0.717, 1.165) is 15.4 Å². The van der Waals surface area contributed by atoms with E-state index in [-0.39, 0.29) is 18.6 Å². The molecule has 0 bridgehead atoms. The number of fused-ring (bicyclic) bond motifs is 1. The van der Waals surface area contributed by atoms with Crippen LogP contribution in [0.4, 0.5) is 0 Å². The number of aromatic amines is 1. The van der Waals surface area contributed by atoms with Gasteiger partial charge in [-0.2, -0.15) is 0 Å². The van der Waals surface area contributed by atoms with E-state index in [0.29, 0.717) is 12.0 Å². The van der Waals surface area contributed by atoms with Crippen LogP contribution in [-0.2, 0) is 0 Å². The molecular weight excluding hydrogens is 296 g/mol. The quantitative estimate of drug-likeness (QED) is 0.812. The molecule has 3 N–H and O–H groups in total. The summed E-state index contributed by atoms with van der Waals surface area (Å²) in [7, 11) is 0. The number of H-pyrrole nitrogens is 1. The number of hydrogen-bond acceptors (Lipinski definition) is 2. The van der Waals surface area contributed by atoms with E-state index in [4.69, 9.17) is 5.11 Å². The number of aromatic nitrogens is 1. The Hall–Kier alpha value is -1.33. The lowest BCUT2D eigenvalue weighted by atomic mass is 10.1. The number of benzene rings is 1. The maximum atomic E-state index is 12.1. The monoisotopic (exact) mass is 310 g/mol. The van der Waals surface area contributed by atoms with Gasteiger partial charge in [-0.15, -0.1) is 0 Å². The molecule has 0 aliphatic rings. The fourth-order valence-corrected chi connectivity index (χ4v) is 2.44. The Kier molecular flexibility index (Phi) is 4.04. The van der Waals surface area contributed by atoms with E-state index >= 15 is 0 Å². The number of amides is 1. The van der Waals surface area contributed by atoms with Crippen LogP contribution in [0.2, 0.25) is 0 Å². The number of halogens is 1. The molecular formula is C13H15BrN2O2. The maximum absolute atomic E-state index is 12.1. The molecule has 1 aromatic carbocycles. The molecule has 0 spiro atoms. The van der Waals surface area contributed by atoms with Crippen LogP contribution in [0.15, 0.2) is 28.9 Å². The molecule has 1 unspecified atom stereocenters. The first kappa shape index (κ1) is 13.1. The van der Waals surface area contributed by atoms with Gasteiger partial charge in [-0.1, -0.05) is 28.9 Å². The van der Waals surface area contributed by atoms with Gasteiger partial charge in [0.05, 0.1) is 18.2 Å². The molecule has 0 radical (unpaired) electrons. The summed E-state index contributed by atoms with van der Waals surface area (Å²) in [6.45, 7) is 1.87. The van der Waals surface area contributed by atoms with Crippen LogP contribution >= 0.6 is 15.9 Å². The molecule has 0 aliphatic heterocycles. The minimum absolute atomic E-state index is 0.0498. The van der Waals surface area contributed by atoms with Gasteiger partial charge in [0.25, 0.3) is 5.91 Å². The number of carbonyl (C=O) groups is 1. The number of hydrogen-bond donors (Lipinski definition) is 3. The molecule has 0 saturated heterocycles. The van der Waals surface area contributed by atoms with Gasteiger partial charge in [0.2, 0.25) is 0 Å². The summed E-state index contributed by atoms with van der Waals surface area (Å²) in [5.74, 6) is -0.172. The fraction of sp³-hybridized carbons (Fsp3) is 0.308. The highest BCUT2D eigenvalue weighted by Gasteiger charge is 2.16. The Morgan fingerprint density at radius 1 is 1.56 bits per heavy atom. The summed E-state index contributed by atoms with van der Waals surface area (Å²) < 4.78 is 0.878. The highest BCUT2D eigenvalue weighted by molar-refractivity contribution is 9.10. The van der Waals surface area contributed by atoms with Crippen LogP contribution in [0.5, 0.6) is 0 Å². The normalized spacial score (nSPS) is 12.6. The van der Waals surface area contributed by atoms with Crippen LogP contribution in [0.25, 0.3) is 10.9 Å². The summed E-state index contributed by atoms with van der Waals surface area (Å²) >= 11 is 3.45. The zero-order chi connectivity index (χ0) is 13.1. The average molecular weight is 311 g/mol. The van der Waals surface area contributed by atoms with E-state index in [1.54, 1.807) is 6.20 Å². The summed E-state index contributed by atoms with van der Waals surface area (Å²) in [6.07, 6.45) is 2.39. The predicted molar refractivity (Wildman–Crippen MR) is 74.6 cm³/mol. The topological polar surface area (TPSA) is 65.1 Å². The second-order valence-electron chi connectivity index (χ2n) is 4.13. The number of aliphatic hydroxyl groups excluding tert-OH is 1. The Labute approximate surface area is 114 Å². The van der Waals surface area contributed by atoms with Gasteiger partial charge in [-0.25, -0.2) is 0 Å². The van der Waals surface area contributed by atoms with Crippen molar-refractivity contribution in [2.24, 2.45) is 0 Å². The Balaban J connectivity index is 2.34. The lowest BCUT2D eigenvalue weighted by Gasteiger charge is -2.13. The lowest BCUT2D eigenvalue weighted by Crippen LogP contribution is -2.36. The third-order valence-electron chi connectivity index (χ3n) is 2.95. The Morgan fingerprint density at radius 3 is 3.00 bits per heavy atom. The largest absolute Gasteiger partial charge is 0.394 e. The standard InChI is InChI=1S/C13H15BrN2O2/c1-2-8(7-17)16-13(18)9-6-15-11-5-3-4-10(14)12(9)11/h3-6,8,15,17H,2,7H2,1H3,(H,16,18). The molecule has 2 rings (SSSR count). The second-order valence-corrected chi connectivity index (χ2v) is 4.98. The van der Waals surface area contributed by atoms with Crippen molar-refractivity contribution in [1.29, 1.82) is 0 Å². The zero-order valence-corrected chi connectivity index (χ0v) is 11.6. The molecule has 5 heteroatoms. The van der Waals surface area contributed by atoms with Gasteiger partial charge in [0.1, 0.15) is 0 Å². The summed E-state index contributed by atoms with van der Waals surface area (Å²) in [5.41, 5.74) is 1.50. The van der Waals surface area contributed by atoms with Crippen molar-refractivity contribution in [2.45, 2.75) is 19.4 Å². The van der Waals surface area contributed by atoms with Crippen molar-refractivity contribution in [2.75, 3.05) is 6.61 Å². The van der Waals surface area contributed by atoms with Crippen LogP contribution in [0, 0.1) is 0 Å². The van der Waals surface area contributed by atoms with Crippen molar-refractivity contribution in [3.8, 4) is 0 Å². The lowest BCUT2D eigenvalue weighted by molar-refractivity contribution is 0.0916. The first-order valence-corrected chi connectivity index (χ1v) is 6.64. The van der Waals surface area contributed by atoms with Gasteiger partial charge in [-0.05, 0) is 18.6 Å². The molecule has 0 aliphatic carbocycles. The fourth-order valence-electron chi connectivity index (χ4n) is 1.86. The van der Waals surface area contributed by atoms with E-state index < -0.39 is 0 Å². The van der Waals surface area contributed by atoms with Crippen molar-refractivity contribution < 1.29 is 9.90 Å². The highest BCUT2D eigenvalue weighted by atomic mass is 79.9. The summed E-state index contributed by atoms with van der Waals surface area (Å²) in [5, 5.41) is 12.8. The van der Waals surface area contributed by atoms with Crippen molar-refractivity contribution in [1.82, 2.24) is 10.3 Å². The van der Waals surface area contributed by atoms with Gasteiger partial charge in [-0.3, -0.25) is 4.79 Å². The Bertz CT molecular complexity index is 561. The van der Waals surface area contributed by atoms with Crippen LogP contribution in [-0.4, -0.2) is 28.6 Å². The highest BCUT2D eigenvalue weighted by Crippen LogP contribution is 2.26. The second kappa shape index (κ2) is 5.54. The number of nitrogens with one attached hydrogen (secondary N) is 2. The molecule has 1 atom stereocenters. The third kappa shape index (κ3) is 2.42. The molecule has 4 nitrogen and oxygen atoms in total. The molecule has 1 amide bonds. The Morgan fingerprint density at radius 2 is 2.33 bits per heavy atom. The number of carbonyl (C=O) groups excluding carboxylic acids is 1. The maximum Gasteiger partial charge on any atom is 0.253 e. The van der Waals surface area contributed by atoms with Gasteiger partial charge < -0.3 is 15.4 Å². The third-order valence-corrected chi connectivity index (χ3v) is 3.61. The van der Waals surface area contributed by atoms with Crippen LogP contribution < -0.4 is 5.32 Å². The molecule has 96 valence electrons. The van der Waals surface area contributed by atoms with Gasteiger partial charge in [0.15, 0.2) is 0 Å². The van der Waals surface area contributed by atoms with Gasteiger partial charge >= 0.3 is 0 Å². The molecule has 18 heavy (non-hydrogen) atoms. The van der Waals surface area contributed by atoms with Crippen molar-refractivity contribution in [3.63, 3.8) is 0 Å². The molecule has 0 saturated carbocycles. The average Bonchev–Trinajstić information content (AvgIpc) is 2.81. The van der Waals surface area contributed by atoms with Gasteiger partial charge in [0, 0.05) is 21.6 Å². The van der Waals surface area contributed by atoms with Crippen molar-refractivity contribution in [3.05, 3.63) is 34.4 Å². The number of rotatable bonds is 4. The van der Waals surface area contributed by atoms with Crippen molar-refractivity contribution >= 4 is 32.7 Å². The predicted octanol–water partition coefficient (Wildman–Crippen LogP) is 2.43. The molecule has 1 aromatic heterocycles. The van der Waals surface area contributed by atoms with E-state index in [1.807, 2.05) is 25.1 Å². The van der Waals surface area contributed by atoms with Crippen LogP contribution in [0.3, 0.4) is 0 Å². The first-order chi connectivity index (χ1) is 8.67. The smallest absolute Gasteiger partial charge is 0.253 e. The molecule has 1 heterocycles. The summed E-state index contributed by atoms with van der Waals surface area (Å²) in [6, 6.07) is 5.52. The molecule has 2 aromatic rings. The molecule has 0 fully saturated rings. The van der Waals surface area contributed by atoms with E-state index in [9.17, 15) is 4.79 Å². The van der Waals surface area contributed by atoms with Crippen LogP contribution in [0.1, 0.15) is 23.7 Å². The zero-order valence-electron chi connectivity index (χ0n) is 10.0.